The number of carbonyl (C=O) groups excluding carboxylic acids is 1. The van der Waals surface area contributed by atoms with Crippen molar-refractivity contribution in [2.45, 2.75) is 19.1 Å². The molecule has 2 aromatic carbocycles. The second-order valence-corrected chi connectivity index (χ2v) is 6.15. The number of rotatable bonds is 3. The van der Waals surface area contributed by atoms with Crippen molar-refractivity contribution in [3.63, 3.8) is 0 Å². The Bertz CT molecular complexity index is 629. The highest BCUT2D eigenvalue weighted by molar-refractivity contribution is 9.10. The van der Waals surface area contributed by atoms with Crippen LogP contribution in [0.2, 0.25) is 0 Å². The third-order valence-corrected chi connectivity index (χ3v) is 4.16. The first kappa shape index (κ1) is 14.1. The summed E-state index contributed by atoms with van der Waals surface area (Å²) in [5.41, 5.74) is 2.21. The number of likely N-dealkylation sites (N-methyl/N-ethyl adjacent to an activating group) is 1. The summed E-state index contributed by atoms with van der Waals surface area (Å²) in [6.45, 7) is 0.586. The maximum atomic E-state index is 12.5. The normalized spacial score (nSPS) is 16.2. The first-order valence-corrected chi connectivity index (χ1v) is 7.67. The van der Waals surface area contributed by atoms with E-state index < -0.39 is 6.10 Å². The summed E-state index contributed by atoms with van der Waals surface area (Å²) in [4.78, 5) is 14.2. The molecular formula is C17H16BrNO2. The van der Waals surface area contributed by atoms with E-state index in [1.807, 2.05) is 55.6 Å². The molecule has 0 radical (unpaired) electrons. The molecule has 0 bridgehead atoms. The zero-order chi connectivity index (χ0) is 14.8. The summed E-state index contributed by atoms with van der Waals surface area (Å²) in [6, 6.07) is 15.8. The molecule has 0 saturated carbocycles. The molecule has 1 aliphatic rings. The van der Waals surface area contributed by atoms with Gasteiger partial charge in [-0.1, -0.05) is 46.3 Å². The average Bonchev–Trinajstić information content (AvgIpc) is 2.92. The van der Waals surface area contributed by atoms with Gasteiger partial charge in [0.05, 0.1) is 0 Å². The van der Waals surface area contributed by atoms with Crippen LogP contribution >= 0.6 is 15.9 Å². The van der Waals surface area contributed by atoms with Crippen molar-refractivity contribution in [3.8, 4) is 5.75 Å². The molecule has 0 aliphatic carbocycles. The van der Waals surface area contributed by atoms with Crippen LogP contribution in [-0.4, -0.2) is 24.0 Å². The summed E-state index contributed by atoms with van der Waals surface area (Å²) in [7, 11) is 1.82. The Morgan fingerprint density at radius 3 is 2.67 bits per heavy atom. The number of hydrogen-bond acceptors (Lipinski definition) is 2. The molecule has 3 rings (SSSR count). The van der Waals surface area contributed by atoms with Crippen LogP contribution in [0.25, 0.3) is 0 Å². The van der Waals surface area contributed by atoms with Crippen LogP contribution in [0.5, 0.6) is 5.75 Å². The van der Waals surface area contributed by atoms with Crippen molar-refractivity contribution in [2.24, 2.45) is 0 Å². The molecule has 0 spiro atoms. The van der Waals surface area contributed by atoms with Crippen LogP contribution in [0, 0.1) is 0 Å². The lowest BCUT2D eigenvalue weighted by Gasteiger charge is -2.21. The molecule has 0 saturated heterocycles. The van der Waals surface area contributed by atoms with E-state index in [0.29, 0.717) is 13.0 Å². The van der Waals surface area contributed by atoms with Crippen LogP contribution in [0.15, 0.2) is 53.0 Å². The minimum atomic E-state index is -0.400. The molecule has 0 fully saturated rings. The number of nitrogens with zero attached hydrogens (tertiary/aromatic N) is 1. The monoisotopic (exact) mass is 345 g/mol. The number of amides is 1. The minimum Gasteiger partial charge on any atom is -0.480 e. The van der Waals surface area contributed by atoms with Crippen molar-refractivity contribution in [3.05, 3.63) is 64.1 Å². The van der Waals surface area contributed by atoms with E-state index >= 15 is 0 Å². The van der Waals surface area contributed by atoms with Gasteiger partial charge in [0.15, 0.2) is 6.10 Å². The Morgan fingerprint density at radius 2 is 1.95 bits per heavy atom. The van der Waals surface area contributed by atoms with Gasteiger partial charge in [0.1, 0.15) is 5.75 Å². The molecule has 108 valence electrons. The fourth-order valence-corrected chi connectivity index (χ4v) is 2.77. The molecule has 1 unspecified atom stereocenters. The van der Waals surface area contributed by atoms with Crippen molar-refractivity contribution >= 4 is 21.8 Å². The van der Waals surface area contributed by atoms with Gasteiger partial charge in [0.2, 0.25) is 0 Å². The van der Waals surface area contributed by atoms with Gasteiger partial charge in [-0.3, -0.25) is 4.79 Å². The SMILES string of the molecule is CN(Cc1ccc(Br)cc1)C(=O)C1Cc2ccccc2O1. The lowest BCUT2D eigenvalue weighted by atomic mass is 10.1. The number of carbonyl (C=O) groups is 1. The molecule has 21 heavy (non-hydrogen) atoms. The van der Waals surface area contributed by atoms with Gasteiger partial charge >= 0.3 is 0 Å². The van der Waals surface area contributed by atoms with Crippen LogP contribution in [0.3, 0.4) is 0 Å². The lowest BCUT2D eigenvalue weighted by Crippen LogP contribution is -2.38. The fourth-order valence-electron chi connectivity index (χ4n) is 2.51. The second-order valence-electron chi connectivity index (χ2n) is 5.24. The zero-order valence-corrected chi connectivity index (χ0v) is 13.3. The standard InChI is InChI=1S/C17H16BrNO2/c1-19(11-12-6-8-14(18)9-7-12)17(20)16-10-13-4-2-3-5-15(13)21-16/h2-9,16H,10-11H2,1H3. The van der Waals surface area contributed by atoms with E-state index in [0.717, 1.165) is 21.3 Å². The largest absolute Gasteiger partial charge is 0.480 e. The molecule has 1 amide bonds. The molecule has 1 atom stereocenters. The van der Waals surface area contributed by atoms with Crippen LogP contribution in [0.1, 0.15) is 11.1 Å². The summed E-state index contributed by atoms with van der Waals surface area (Å²) in [6.07, 6.45) is 0.252. The van der Waals surface area contributed by atoms with Gasteiger partial charge in [-0.2, -0.15) is 0 Å². The van der Waals surface area contributed by atoms with E-state index in [9.17, 15) is 4.79 Å². The fraction of sp³-hybridized carbons (Fsp3) is 0.235. The van der Waals surface area contributed by atoms with Gasteiger partial charge in [-0.05, 0) is 29.3 Å². The van der Waals surface area contributed by atoms with E-state index in [4.69, 9.17) is 4.74 Å². The quantitative estimate of drug-likeness (QED) is 0.852. The van der Waals surface area contributed by atoms with Gasteiger partial charge < -0.3 is 9.64 Å². The Hall–Kier alpha value is -1.81. The maximum Gasteiger partial charge on any atom is 0.264 e. The molecule has 2 aromatic rings. The Kier molecular flexibility index (Phi) is 3.97. The molecule has 4 heteroatoms. The van der Waals surface area contributed by atoms with E-state index in [2.05, 4.69) is 15.9 Å². The maximum absolute atomic E-state index is 12.5. The number of para-hydroxylation sites is 1. The highest BCUT2D eigenvalue weighted by Gasteiger charge is 2.30. The third-order valence-electron chi connectivity index (χ3n) is 3.63. The number of benzene rings is 2. The number of halogens is 1. The molecule has 0 aromatic heterocycles. The van der Waals surface area contributed by atoms with Gasteiger partial charge in [0.25, 0.3) is 5.91 Å². The Morgan fingerprint density at radius 1 is 1.24 bits per heavy atom. The Labute approximate surface area is 132 Å². The predicted octanol–water partition coefficient (Wildman–Crippen LogP) is 3.41. The lowest BCUT2D eigenvalue weighted by molar-refractivity contribution is -0.137. The highest BCUT2D eigenvalue weighted by Crippen LogP contribution is 2.29. The summed E-state index contributed by atoms with van der Waals surface area (Å²) in [5.74, 6) is 0.849. The highest BCUT2D eigenvalue weighted by atomic mass is 79.9. The summed E-state index contributed by atoms with van der Waals surface area (Å²) >= 11 is 3.41. The van der Waals surface area contributed by atoms with Crippen molar-refractivity contribution in [1.82, 2.24) is 4.90 Å². The molecule has 0 N–H and O–H groups in total. The van der Waals surface area contributed by atoms with E-state index in [1.54, 1.807) is 4.90 Å². The van der Waals surface area contributed by atoms with Crippen molar-refractivity contribution in [1.29, 1.82) is 0 Å². The molecule has 1 aliphatic heterocycles. The van der Waals surface area contributed by atoms with Gasteiger partial charge in [-0.25, -0.2) is 0 Å². The summed E-state index contributed by atoms with van der Waals surface area (Å²) < 4.78 is 6.78. The molecule has 1 heterocycles. The first-order chi connectivity index (χ1) is 10.1. The van der Waals surface area contributed by atoms with Crippen LogP contribution in [0.4, 0.5) is 0 Å². The van der Waals surface area contributed by atoms with Crippen molar-refractivity contribution in [2.75, 3.05) is 7.05 Å². The van der Waals surface area contributed by atoms with E-state index in [1.165, 1.54) is 0 Å². The first-order valence-electron chi connectivity index (χ1n) is 6.87. The number of hydrogen-bond donors (Lipinski definition) is 0. The average molecular weight is 346 g/mol. The van der Waals surface area contributed by atoms with Crippen molar-refractivity contribution < 1.29 is 9.53 Å². The zero-order valence-electron chi connectivity index (χ0n) is 11.8. The Balaban J connectivity index is 1.65. The molecule has 3 nitrogen and oxygen atoms in total. The van der Waals surface area contributed by atoms with Gasteiger partial charge in [-0.15, -0.1) is 0 Å². The van der Waals surface area contributed by atoms with Gasteiger partial charge in [0, 0.05) is 24.5 Å². The van der Waals surface area contributed by atoms with E-state index in [-0.39, 0.29) is 5.91 Å². The van der Waals surface area contributed by atoms with Crippen LogP contribution < -0.4 is 4.74 Å². The minimum absolute atomic E-state index is 0.0223. The van der Waals surface area contributed by atoms with Crippen LogP contribution in [-0.2, 0) is 17.8 Å². The number of fused-ring (bicyclic) bond motifs is 1. The molecular weight excluding hydrogens is 330 g/mol. The summed E-state index contributed by atoms with van der Waals surface area (Å²) in [5, 5.41) is 0. The number of ether oxygens (including phenoxy) is 1. The predicted molar refractivity (Wildman–Crippen MR) is 85.2 cm³/mol. The third kappa shape index (κ3) is 3.10. The topological polar surface area (TPSA) is 29.5 Å². The smallest absolute Gasteiger partial charge is 0.264 e. The second kappa shape index (κ2) is 5.90.